The molecule has 0 radical (unpaired) electrons. The van der Waals surface area contributed by atoms with E-state index < -0.39 is 49.9 Å². The zero-order valence-corrected chi connectivity index (χ0v) is 27.0. The number of aryl methyl sites for hydroxylation is 1. The number of benzene rings is 3. The van der Waals surface area contributed by atoms with Gasteiger partial charge in [0.2, 0.25) is 5.60 Å². The lowest BCUT2D eigenvalue weighted by Gasteiger charge is -2.43. The SMILES string of the molecule is CCOC(=O)CCc1ccc(S(=O)(=O)C2CN(CC(O)(c3cn(Cc4ccccc4)c4cc([N+](=O)[O-])ccc34)C(F)(F)F)C2)c(OC)c1. The Morgan fingerprint density at radius 3 is 2.40 bits per heavy atom. The molecule has 3 aromatic carbocycles. The third-order valence-electron chi connectivity index (χ3n) is 8.46. The van der Waals surface area contributed by atoms with Crippen LogP contribution >= 0.6 is 0 Å². The fourth-order valence-electron chi connectivity index (χ4n) is 5.90. The molecule has 1 saturated heterocycles. The van der Waals surface area contributed by atoms with Crippen LogP contribution in [0.4, 0.5) is 18.9 Å². The summed E-state index contributed by atoms with van der Waals surface area (Å²) in [7, 11) is -2.76. The van der Waals surface area contributed by atoms with Crippen molar-refractivity contribution >= 4 is 32.4 Å². The molecule has 11 nitrogen and oxygen atoms in total. The number of fused-ring (bicyclic) bond motifs is 1. The van der Waals surface area contributed by atoms with Crippen molar-refractivity contribution < 1.29 is 45.9 Å². The molecule has 256 valence electrons. The average Bonchev–Trinajstić information content (AvgIpc) is 3.39. The van der Waals surface area contributed by atoms with Crippen molar-refractivity contribution in [3.8, 4) is 5.75 Å². The van der Waals surface area contributed by atoms with E-state index in [-0.39, 0.29) is 66.3 Å². The first kappa shape index (κ1) is 34.9. The number of carbonyl (C=O) groups excluding carboxylic acids is 1. The molecule has 1 aliphatic rings. The maximum absolute atomic E-state index is 14.8. The molecule has 0 aliphatic carbocycles. The minimum absolute atomic E-state index is 0.0196. The highest BCUT2D eigenvalue weighted by molar-refractivity contribution is 7.92. The number of rotatable bonds is 13. The van der Waals surface area contributed by atoms with Gasteiger partial charge in [-0.2, -0.15) is 13.2 Å². The van der Waals surface area contributed by atoms with Crippen molar-refractivity contribution in [2.24, 2.45) is 0 Å². The number of nitro groups is 1. The summed E-state index contributed by atoms with van der Waals surface area (Å²) in [5.74, 6) is -0.356. The molecular weight excluding hydrogens is 655 g/mol. The van der Waals surface area contributed by atoms with Crippen molar-refractivity contribution in [2.45, 2.75) is 48.2 Å². The number of carbonyl (C=O) groups is 1. The number of ether oxygens (including phenoxy) is 2. The van der Waals surface area contributed by atoms with Crippen molar-refractivity contribution in [3.05, 3.63) is 99.7 Å². The van der Waals surface area contributed by atoms with E-state index in [0.717, 1.165) is 17.8 Å². The van der Waals surface area contributed by atoms with E-state index in [1.54, 1.807) is 43.3 Å². The van der Waals surface area contributed by atoms with Gasteiger partial charge in [0.15, 0.2) is 9.84 Å². The van der Waals surface area contributed by atoms with Crippen molar-refractivity contribution in [1.82, 2.24) is 9.47 Å². The first-order chi connectivity index (χ1) is 22.7. The minimum Gasteiger partial charge on any atom is -0.495 e. The van der Waals surface area contributed by atoms with Crippen molar-refractivity contribution in [3.63, 3.8) is 0 Å². The second-order valence-corrected chi connectivity index (χ2v) is 13.8. The molecule has 1 fully saturated rings. The van der Waals surface area contributed by atoms with E-state index in [2.05, 4.69) is 0 Å². The number of aliphatic hydroxyl groups is 1. The summed E-state index contributed by atoms with van der Waals surface area (Å²) < 4.78 is 83.2. The van der Waals surface area contributed by atoms with Crippen molar-refractivity contribution in [2.75, 3.05) is 33.4 Å². The molecule has 15 heteroatoms. The van der Waals surface area contributed by atoms with Gasteiger partial charge in [0.05, 0.1) is 29.4 Å². The van der Waals surface area contributed by atoms with Crippen LogP contribution in [0.1, 0.15) is 30.0 Å². The van der Waals surface area contributed by atoms with E-state index in [9.17, 15) is 41.6 Å². The Labute approximate surface area is 274 Å². The lowest BCUT2D eigenvalue weighted by molar-refractivity contribution is -0.384. The lowest BCUT2D eigenvalue weighted by atomic mass is 9.90. The van der Waals surface area contributed by atoms with Gasteiger partial charge < -0.3 is 19.1 Å². The van der Waals surface area contributed by atoms with E-state index in [4.69, 9.17) is 9.47 Å². The molecule has 5 rings (SSSR count). The smallest absolute Gasteiger partial charge is 0.422 e. The van der Waals surface area contributed by atoms with E-state index in [0.29, 0.717) is 5.56 Å². The van der Waals surface area contributed by atoms with E-state index in [1.807, 2.05) is 0 Å². The van der Waals surface area contributed by atoms with Gasteiger partial charge in [0, 0.05) is 61.9 Å². The molecule has 1 aromatic heterocycles. The number of hydrogen-bond donors (Lipinski definition) is 1. The monoisotopic (exact) mass is 689 g/mol. The van der Waals surface area contributed by atoms with Crippen LogP contribution in [0.2, 0.25) is 0 Å². The number of hydrogen-bond acceptors (Lipinski definition) is 9. The Kier molecular flexibility index (Phi) is 9.85. The highest BCUT2D eigenvalue weighted by Crippen LogP contribution is 2.45. The van der Waals surface area contributed by atoms with Gasteiger partial charge in [-0.15, -0.1) is 0 Å². The van der Waals surface area contributed by atoms with Crippen LogP contribution in [0.3, 0.4) is 0 Å². The van der Waals surface area contributed by atoms with Gasteiger partial charge >= 0.3 is 12.1 Å². The summed E-state index contributed by atoms with van der Waals surface area (Å²) in [6.07, 6.45) is -3.66. The van der Waals surface area contributed by atoms with Crippen LogP contribution in [0.25, 0.3) is 10.9 Å². The predicted molar refractivity (Wildman–Crippen MR) is 169 cm³/mol. The van der Waals surface area contributed by atoms with Crippen LogP contribution in [0.15, 0.2) is 77.8 Å². The topological polar surface area (TPSA) is 141 Å². The standard InChI is InChI=1S/C33H34F3N3O8S/c1-3-47-31(40)14-10-22-9-13-30(29(15-22)46-2)48(44,45)25-18-37(19-25)21-32(41,33(34,35)36)27-20-38(17-23-7-5-4-6-8-23)28-16-24(39(42)43)11-12-26(27)28/h4-9,11-13,15-16,20,25,41H,3,10,14,17-19,21H2,1-2H3. The highest BCUT2D eigenvalue weighted by atomic mass is 32.2. The Bertz CT molecular complexity index is 1930. The number of alkyl halides is 3. The maximum atomic E-state index is 14.8. The maximum Gasteiger partial charge on any atom is 0.422 e. The van der Waals surface area contributed by atoms with Crippen LogP contribution < -0.4 is 4.74 Å². The molecule has 1 atom stereocenters. The van der Waals surface area contributed by atoms with Crippen LogP contribution in [0.5, 0.6) is 5.75 Å². The van der Waals surface area contributed by atoms with Gasteiger partial charge in [-0.25, -0.2) is 8.42 Å². The molecule has 1 aliphatic heterocycles. The number of non-ortho nitro benzene ring substituents is 1. The minimum atomic E-state index is -5.19. The third kappa shape index (κ3) is 6.89. The lowest BCUT2D eigenvalue weighted by Crippen LogP contribution is -2.61. The molecule has 48 heavy (non-hydrogen) atoms. The van der Waals surface area contributed by atoms with Crippen LogP contribution in [0, 0.1) is 10.1 Å². The highest BCUT2D eigenvalue weighted by Gasteiger charge is 2.58. The Hall–Kier alpha value is -4.47. The molecule has 1 N–H and O–H groups in total. The largest absolute Gasteiger partial charge is 0.495 e. The number of nitrogens with zero attached hydrogens (tertiary/aromatic N) is 3. The fourth-order valence-corrected chi connectivity index (χ4v) is 7.75. The van der Waals surface area contributed by atoms with Gasteiger partial charge in [-0.05, 0) is 42.7 Å². The number of nitro benzene ring substituents is 1. The van der Waals surface area contributed by atoms with Gasteiger partial charge in [0.25, 0.3) is 5.69 Å². The molecule has 0 saturated carbocycles. The van der Waals surface area contributed by atoms with E-state index >= 15 is 0 Å². The number of likely N-dealkylation sites (tertiary alicyclic amines) is 1. The summed E-state index contributed by atoms with van der Waals surface area (Å²) in [5.41, 5.74) is -2.76. The number of methoxy groups -OCH3 is 1. The summed E-state index contributed by atoms with van der Waals surface area (Å²) in [5, 5.41) is 21.8. The van der Waals surface area contributed by atoms with Crippen LogP contribution in [-0.2, 0) is 37.9 Å². The Balaban J connectivity index is 1.40. The fraction of sp³-hybridized carbons (Fsp3) is 0.364. The quantitative estimate of drug-likeness (QED) is 0.117. The molecule has 0 amide bonds. The predicted octanol–water partition coefficient (Wildman–Crippen LogP) is 5.01. The van der Waals surface area contributed by atoms with Gasteiger partial charge in [0.1, 0.15) is 10.6 Å². The first-order valence-corrected chi connectivity index (χ1v) is 16.6. The first-order valence-electron chi connectivity index (χ1n) is 15.1. The summed E-state index contributed by atoms with van der Waals surface area (Å²) in [6.45, 7) is 0.465. The Morgan fingerprint density at radius 1 is 1.06 bits per heavy atom. The number of sulfone groups is 1. The molecular formula is C33H34F3N3O8S. The molecule has 2 heterocycles. The number of aromatic nitrogens is 1. The summed E-state index contributed by atoms with van der Waals surface area (Å²) >= 11 is 0. The second kappa shape index (κ2) is 13.6. The zero-order valence-electron chi connectivity index (χ0n) is 26.1. The number of β-amino-alcohol motifs (C(OH)–C–C–N with tert-alkyl or cyclic N) is 1. The molecule has 1 unspecified atom stereocenters. The van der Waals surface area contributed by atoms with Gasteiger partial charge in [-0.1, -0.05) is 36.4 Å². The van der Waals surface area contributed by atoms with E-state index in [1.165, 1.54) is 40.8 Å². The molecule has 0 spiro atoms. The molecule has 0 bridgehead atoms. The number of halogens is 3. The number of esters is 1. The van der Waals surface area contributed by atoms with Crippen molar-refractivity contribution in [1.29, 1.82) is 0 Å². The second-order valence-electron chi connectivity index (χ2n) is 11.6. The van der Waals surface area contributed by atoms with Gasteiger partial charge in [-0.3, -0.25) is 19.8 Å². The average molecular weight is 690 g/mol. The zero-order chi connectivity index (χ0) is 34.9. The summed E-state index contributed by atoms with van der Waals surface area (Å²) in [6, 6.07) is 16.6. The molecule has 4 aromatic rings. The summed E-state index contributed by atoms with van der Waals surface area (Å²) in [4.78, 5) is 23.7. The van der Waals surface area contributed by atoms with Crippen LogP contribution in [-0.4, -0.2) is 78.7 Å². The third-order valence-corrected chi connectivity index (χ3v) is 10.6. The normalized spacial score (nSPS) is 15.5. The Morgan fingerprint density at radius 2 is 1.77 bits per heavy atom.